The van der Waals surface area contributed by atoms with Crippen molar-refractivity contribution in [2.45, 2.75) is 18.7 Å². The first kappa shape index (κ1) is 14.5. The van der Waals surface area contributed by atoms with Crippen LogP contribution in [0.4, 0.5) is 0 Å². The molecular weight excluding hydrogens is 304 g/mol. The zero-order chi connectivity index (χ0) is 13.7. The van der Waals surface area contributed by atoms with Gasteiger partial charge in [0.2, 0.25) is 0 Å². The van der Waals surface area contributed by atoms with E-state index in [0.29, 0.717) is 0 Å². The second kappa shape index (κ2) is 7.06. The highest BCUT2D eigenvalue weighted by Crippen LogP contribution is 2.12. The highest BCUT2D eigenvalue weighted by atomic mass is 79.9. The lowest BCUT2D eigenvalue weighted by atomic mass is 10.1. The molecule has 0 aliphatic carbocycles. The number of alkyl halides is 1. The number of piperazine rings is 1. The Balaban J connectivity index is 1.93. The third kappa shape index (κ3) is 3.80. The average molecular weight is 325 g/mol. The van der Waals surface area contributed by atoms with Gasteiger partial charge in [-0.2, -0.15) is 0 Å². The molecule has 1 aliphatic rings. The molecule has 0 atom stereocenters. The van der Waals surface area contributed by atoms with Crippen molar-refractivity contribution in [3.05, 3.63) is 35.4 Å². The molecule has 19 heavy (non-hydrogen) atoms. The van der Waals surface area contributed by atoms with Crippen molar-refractivity contribution in [1.82, 2.24) is 9.80 Å². The van der Waals surface area contributed by atoms with E-state index >= 15 is 0 Å². The van der Waals surface area contributed by atoms with Gasteiger partial charge < -0.3 is 4.90 Å². The second-order valence-electron chi connectivity index (χ2n) is 4.96. The van der Waals surface area contributed by atoms with Crippen molar-refractivity contribution >= 4 is 21.8 Å². The molecule has 0 radical (unpaired) electrons. The van der Waals surface area contributed by atoms with Crippen LogP contribution in [-0.4, -0.2) is 48.4 Å². The number of benzene rings is 1. The lowest BCUT2D eigenvalue weighted by Crippen LogP contribution is -2.48. The molecule has 2 rings (SSSR count). The summed E-state index contributed by atoms with van der Waals surface area (Å²) in [4.78, 5) is 16.8. The van der Waals surface area contributed by atoms with E-state index in [-0.39, 0.29) is 5.91 Å². The van der Waals surface area contributed by atoms with Gasteiger partial charge >= 0.3 is 0 Å². The second-order valence-corrected chi connectivity index (χ2v) is 5.53. The fourth-order valence-electron chi connectivity index (χ4n) is 2.41. The van der Waals surface area contributed by atoms with Crippen LogP contribution in [0.5, 0.6) is 0 Å². The van der Waals surface area contributed by atoms with E-state index in [1.807, 2.05) is 29.2 Å². The molecule has 0 bridgehead atoms. The number of amides is 1. The number of halogens is 1. The highest BCUT2D eigenvalue weighted by molar-refractivity contribution is 9.08. The molecule has 1 amide bonds. The molecule has 1 aliphatic heterocycles. The first-order valence-corrected chi connectivity index (χ1v) is 8.03. The summed E-state index contributed by atoms with van der Waals surface area (Å²) in [6.45, 7) is 7.03. The Morgan fingerprint density at radius 2 is 1.79 bits per heavy atom. The summed E-state index contributed by atoms with van der Waals surface area (Å²) in [5, 5.41) is 0.831. The van der Waals surface area contributed by atoms with Gasteiger partial charge in [0, 0.05) is 37.1 Å². The Kier molecular flexibility index (Phi) is 5.40. The molecule has 0 spiro atoms. The quantitative estimate of drug-likeness (QED) is 0.795. The molecule has 0 aromatic heterocycles. The summed E-state index contributed by atoms with van der Waals surface area (Å²) >= 11 is 3.42. The number of carbonyl (C=O) groups excluding carboxylic acids is 1. The molecule has 0 unspecified atom stereocenters. The van der Waals surface area contributed by atoms with E-state index in [1.54, 1.807) is 0 Å². The number of rotatable bonds is 4. The number of hydrogen-bond donors (Lipinski definition) is 0. The third-order valence-electron chi connectivity index (χ3n) is 3.55. The topological polar surface area (TPSA) is 23.6 Å². The zero-order valence-corrected chi connectivity index (χ0v) is 13.0. The van der Waals surface area contributed by atoms with Crippen LogP contribution in [0.25, 0.3) is 0 Å². The van der Waals surface area contributed by atoms with Crippen LogP contribution in [0.1, 0.15) is 29.3 Å². The van der Waals surface area contributed by atoms with Gasteiger partial charge in [0.25, 0.3) is 5.91 Å². The van der Waals surface area contributed by atoms with Gasteiger partial charge in [-0.3, -0.25) is 9.69 Å². The van der Waals surface area contributed by atoms with Crippen molar-refractivity contribution in [1.29, 1.82) is 0 Å². The van der Waals surface area contributed by atoms with Gasteiger partial charge in [-0.05, 0) is 30.7 Å². The van der Waals surface area contributed by atoms with Crippen molar-refractivity contribution in [2.24, 2.45) is 0 Å². The number of hydrogen-bond acceptors (Lipinski definition) is 2. The van der Waals surface area contributed by atoms with Gasteiger partial charge in [0.15, 0.2) is 0 Å². The maximum Gasteiger partial charge on any atom is 0.253 e. The Hall–Kier alpha value is -0.870. The summed E-state index contributed by atoms with van der Waals surface area (Å²) in [5.41, 5.74) is 2.00. The van der Waals surface area contributed by atoms with E-state index in [2.05, 4.69) is 27.8 Å². The Morgan fingerprint density at radius 1 is 1.16 bits per heavy atom. The van der Waals surface area contributed by atoms with E-state index < -0.39 is 0 Å². The van der Waals surface area contributed by atoms with E-state index in [4.69, 9.17) is 0 Å². The summed E-state index contributed by atoms with van der Waals surface area (Å²) in [7, 11) is 0. The van der Waals surface area contributed by atoms with Gasteiger partial charge in [0.05, 0.1) is 0 Å². The van der Waals surface area contributed by atoms with Crippen LogP contribution in [0.2, 0.25) is 0 Å². The first-order chi connectivity index (χ1) is 9.24. The Labute approximate surface area is 123 Å². The average Bonchev–Trinajstić information content (AvgIpc) is 2.48. The normalized spacial score (nSPS) is 16.6. The minimum atomic E-state index is 0.164. The van der Waals surface area contributed by atoms with Gasteiger partial charge in [0.1, 0.15) is 0 Å². The summed E-state index contributed by atoms with van der Waals surface area (Å²) in [6.07, 6.45) is 1.18. The highest BCUT2D eigenvalue weighted by Gasteiger charge is 2.21. The minimum Gasteiger partial charge on any atom is -0.336 e. The lowest BCUT2D eigenvalue weighted by molar-refractivity contribution is 0.0637. The molecule has 1 aromatic carbocycles. The fraction of sp³-hybridized carbons (Fsp3) is 0.533. The molecule has 0 saturated carbocycles. The van der Waals surface area contributed by atoms with Crippen LogP contribution in [0.15, 0.2) is 24.3 Å². The van der Waals surface area contributed by atoms with Gasteiger partial charge in [-0.1, -0.05) is 35.0 Å². The molecule has 4 heteroatoms. The molecule has 1 saturated heterocycles. The van der Waals surface area contributed by atoms with Crippen LogP contribution in [-0.2, 0) is 5.33 Å². The van der Waals surface area contributed by atoms with Gasteiger partial charge in [-0.25, -0.2) is 0 Å². The predicted molar refractivity (Wildman–Crippen MR) is 81.7 cm³/mol. The van der Waals surface area contributed by atoms with Gasteiger partial charge in [-0.15, -0.1) is 0 Å². The SMILES string of the molecule is CCCN1CCN(C(=O)c2ccc(CBr)cc2)CC1. The van der Waals surface area contributed by atoms with Crippen molar-refractivity contribution < 1.29 is 4.79 Å². The zero-order valence-electron chi connectivity index (χ0n) is 11.4. The van der Waals surface area contributed by atoms with Crippen LogP contribution in [0, 0.1) is 0 Å². The maximum atomic E-state index is 12.4. The number of carbonyl (C=O) groups is 1. The molecule has 1 fully saturated rings. The summed E-state index contributed by atoms with van der Waals surface area (Å²) < 4.78 is 0. The molecule has 3 nitrogen and oxygen atoms in total. The van der Waals surface area contributed by atoms with E-state index in [9.17, 15) is 4.79 Å². The standard InChI is InChI=1S/C15H21BrN2O/c1-2-7-17-8-10-18(11-9-17)15(19)14-5-3-13(12-16)4-6-14/h3-6H,2,7-12H2,1H3. The molecule has 1 heterocycles. The van der Waals surface area contributed by atoms with Crippen molar-refractivity contribution in [3.8, 4) is 0 Å². The number of nitrogens with zero attached hydrogens (tertiary/aromatic N) is 2. The monoisotopic (exact) mass is 324 g/mol. The largest absolute Gasteiger partial charge is 0.336 e. The summed E-state index contributed by atoms with van der Waals surface area (Å²) in [6, 6.07) is 7.87. The van der Waals surface area contributed by atoms with Crippen LogP contribution in [0.3, 0.4) is 0 Å². The van der Waals surface area contributed by atoms with E-state index in [0.717, 1.165) is 43.6 Å². The van der Waals surface area contributed by atoms with E-state index in [1.165, 1.54) is 12.0 Å². The van der Waals surface area contributed by atoms with Crippen LogP contribution < -0.4 is 0 Å². The smallest absolute Gasteiger partial charge is 0.253 e. The minimum absolute atomic E-state index is 0.164. The molecular formula is C15H21BrN2O. The fourth-order valence-corrected chi connectivity index (χ4v) is 2.78. The molecule has 104 valence electrons. The van der Waals surface area contributed by atoms with Crippen molar-refractivity contribution in [3.63, 3.8) is 0 Å². The predicted octanol–water partition coefficient (Wildman–Crippen LogP) is 2.75. The molecule has 0 N–H and O–H groups in total. The maximum absolute atomic E-state index is 12.4. The Bertz CT molecular complexity index is 411. The van der Waals surface area contributed by atoms with Crippen LogP contribution >= 0.6 is 15.9 Å². The third-order valence-corrected chi connectivity index (χ3v) is 4.20. The molecule has 1 aromatic rings. The van der Waals surface area contributed by atoms with Crippen molar-refractivity contribution in [2.75, 3.05) is 32.7 Å². The lowest BCUT2D eigenvalue weighted by Gasteiger charge is -2.34. The first-order valence-electron chi connectivity index (χ1n) is 6.91. The summed E-state index contributed by atoms with van der Waals surface area (Å²) in [5.74, 6) is 0.164. The Morgan fingerprint density at radius 3 is 2.32 bits per heavy atom.